The Morgan fingerprint density at radius 2 is 1.70 bits per heavy atom. The summed E-state index contributed by atoms with van der Waals surface area (Å²) < 4.78 is 32.8. The fourth-order valence-corrected chi connectivity index (χ4v) is 6.33. The minimum Gasteiger partial charge on any atom is -0.494 e. The Labute approximate surface area is 197 Å². The van der Waals surface area contributed by atoms with E-state index in [2.05, 4.69) is 12.1 Å². The molecule has 0 radical (unpaired) electrons. The van der Waals surface area contributed by atoms with Crippen LogP contribution in [0.4, 0.5) is 0 Å². The van der Waals surface area contributed by atoms with E-state index in [9.17, 15) is 13.2 Å². The molecule has 2 saturated heterocycles. The van der Waals surface area contributed by atoms with Crippen molar-refractivity contribution in [2.24, 2.45) is 5.92 Å². The molecule has 0 aromatic heterocycles. The van der Waals surface area contributed by atoms with Gasteiger partial charge < -0.3 is 9.64 Å². The summed E-state index contributed by atoms with van der Waals surface area (Å²) in [7, 11) is -3.52. The number of carbonyl (C=O) groups excluding carboxylic acids is 1. The SMILES string of the molecule is CCOc1ccc(CCC2CCN(C(=O)c3cccc(S(=O)(=O)N4CCCC4)c3)CC2)cc1. The van der Waals surface area contributed by atoms with Crippen molar-refractivity contribution in [2.75, 3.05) is 32.8 Å². The van der Waals surface area contributed by atoms with Crippen LogP contribution in [0.3, 0.4) is 0 Å². The van der Waals surface area contributed by atoms with E-state index in [4.69, 9.17) is 4.74 Å². The predicted octanol–water partition coefficient (Wildman–Crippen LogP) is 4.35. The van der Waals surface area contributed by atoms with Crippen LogP contribution in [0.2, 0.25) is 0 Å². The maximum absolute atomic E-state index is 13.1. The van der Waals surface area contributed by atoms with Crippen molar-refractivity contribution in [3.05, 3.63) is 59.7 Å². The molecule has 6 nitrogen and oxygen atoms in total. The van der Waals surface area contributed by atoms with Gasteiger partial charge in [-0.3, -0.25) is 4.79 Å². The quantitative estimate of drug-likeness (QED) is 0.575. The van der Waals surface area contributed by atoms with E-state index in [0.717, 1.165) is 57.4 Å². The number of rotatable bonds is 8. The molecule has 4 rings (SSSR count). The van der Waals surface area contributed by atoms with Gasteiger partial charge >= 0.3 is 0 Å². The van der Waals surface area contributed by atoms with Gasteiger partial charge in [0.05, 0.1) is 11.5 Å². The van der Waals surface area contributed by atoms with Crippen molar-refractivity contribution in [1.29, 1.82) is 0 Å². The molecule has 2 fully saturated rings. The summed E-state index contributed by atoms with van der Waals surface area (Å²) in [5.74, 6) is 1.44. The molecular weight excluding hydrogens is 436 g/mol. The molecule has 0 saturated carbocycles. The number of hydrogen-bond acceptors (Lipinski definition) is 4. The molecule has 0 atom stereocenters. The zero-order valence-electron chi connectivity index (χ0n) is 19.4. The maximum atomic E-state index is 13.1. The first kappa shape index (κ1) is 23.8. The Hall–Kier alpha value is -2.38. The molecule has 0 bridgehead atoms. The molecule has 0 aliphatic carbocycles. The van der Waals surface area contributed by atoms with Crippen LogP contribution in [0.25, 0.3) is 0 Å². The van der Waals surface area contributed by atoms with Gasteiger partial charge in [0.15, 0.2) is 0 Å². The third-order valence-electron chi connectivity index (χ3n) is 6.76. The summed E-state index contributed by atoms with van der Waals surface area (Å²) in [5.41, 5.74) is 1.77. The van der Waals surface area contributed by atoms with Gasteiger partial charge in [0.2, 0.25) is 10.0 Å². The topological polar surface area (TPSA) is 66.9 Å². The predicted molar refractivity (Wildman–Crippen MR) is 129 cm³/mol. The number of likely N-dealkylation sites (tertiary alicyclic amines) is 1. The highest BCUT2D eigenvalue weighted by Gasteiger charge is 2.29. The summed E-state index contributed by atoms with van der Waals surface area (Å²) in [5, 5.41) is 0. The molecule has 178 valence electrons. The molecule has 2 heterocycles. The lowest BCUT2D eigenvalue weighted by Crippen LogP contribution is -2.38. The summed E-state index contributed by atoms with van der Waals surface area (Å²) in [6.45, 7) is 5.22. The molecule has 0 unspecified atom stereocenters. The van der Waals surface area contributed by atoms with Crippen LogP contribution in [-0.4, -0.2) is 56.3 Å². The fourth-order valence-electron chi connectivity index (χ4n) is 4.76. The van der Waals surface area contributed by atoms with E-state index in [-0.39, 0.29) is 10.8 Å². The number of ether oxygens (including phenoxy) is 1. The summed E-state index contributed by atoms with van der Waals surface area (Å²) in [6, 6.07) is 14.9. The van der Waals surface area contributed by atoms with Gasteiger partial charge in [-0.05, 0) is 87.3 Å². The van der Waals surface area contributed by atoms with Crippen molar-refractivity contribution in [2.45, 2.75) is 50.3 Å². The number of hydrogen-bond donors (Lipinski definition) is 0. The second kappa shape index (κ2) is 10.7. The van der Waals surface area contributed by atoms with Gasteiger partial charge in [-0.2, -0.15) is 4.31 Å². The monoisotopic (exact) mass is 470 g/mol. The molecule has 0 spiro atoms. The number of piperidine rings is 1. The maximum Gasteiger partial charge on any atom is 0.253 e. The number of benzene rings is 2. The average Bonchev–Trinajstić information content (AvgIpc) is 3.40. The number of carbonyl (C=O) groups is 1. The molecule has 7 heteroatoms. The standard InChI is InChI=1S/C26H34N2O4S/c1-2-32-24-12-10-21(11-13-24)8-9-22-14-18-27(19-15-22)26(29)23-6-5-7-25(20-23)33(30,31)28-16-3-4-17-28/h5-7,10-13,20,22H,2-4,8-9,14-19H2,1H3. The van der Waals surface area contributed by atoms with E-state index in [0.29, 0.717) is 31.2 Å². The van der Waals surface area contributed by atoms with Crippen LogP contribution in [0, 0.1) is 5.92 Å². The van der Waals surface area contributed by atoms with E-state index >= 15 is 0 Å². The molecule has 2 aromatic carbocycles. The average molecular weight is 471 g/mol. The minimum absolute atomic E-state index is 0.0709. The first-order valence-corrected chi connectivity index (χ1v) is 13.5. The third-order valence-corrected chi connectivity index (χ3v) is 8.66. The molecule has 33 heavy (non-hydrogen) atoms. The van der Waals surface area contributed by atoms with Crippen LogP contribution in [0.15, 0.2) is 53.4 Å². The van der Waals surface area contributed by atoms with Gasteiger partial charge in [0.25, 0.3) is 5.91 Å². The Morgan fingerprint density at radius 3 is 2.36 bits per heavy atom. The summed E-state index contributed by atoms with van der Waals surface area (Å²) in [6.07, 6.45) is 5.89. The van der Waals surface area contributed by atoms with Crippen molar-refractivity contribution >= 4 is 15.9 Å². The smallest absolute Gasteiger partial charge is 0.253 e. The Kier molecular flexibility index (Phi) is 7.71. The van der Waals surface area contributed by atoms with Crippen molar-refractivity contribution in [3.8, 4) is 5.75 Å². The lowest BCUT2D eigenvalue weighted by Gasteiger charge is -2.32. The lowest BCUT2D eigenvalue weighted by molar-refractivity contribution is 0.0686. The Balaban J connectivity index is 1.30. The van der Waals surface area contributed by atoms with Gasteiger partial charge in [0.1, 0.15) is 5.75 Å². The van der Waals surface area contributed by atoms with Crippen LogP contribution < -0.4 is 4.74 Å². The Morgan fingerprint density at radius 1 is 1.00 bits per heavy atom. The molecule has 1 amide bonds. The fraction of sp³-hybridized carbons (Fsp3) is 0.500. The molecule has 2 aliphatic heterocycles. The highest BCUT2D eigenvalue weighted by molar-refractivity contribution is 7.89. The molecule has 2 aliphatic rings. The van der Waals surface area contributed by atoms with Gasteiger partial charge in [-0.15, -0.1) is 0 Å². The number of amides is 1. The van der Waals surface area contributed by atoms with E-state index in [1.54, 1.807) is 24.3 Å². The second-order valence-corrected chi connectivity index (χ2v) is 10.9. The van der Waals surface area contributed by atoms with Gasteiger partial charge in [-0.1, -0.05) is 18.2 Å². The van der Waals surface area contributed by atoms with E-state index in [1.807, 2.05) is 24.0 Å². The van der Waals surface area contributed by atoms with Crippen LogP contribution in [0.5, 0.6) is 5.75 Å². The normalized spacial score (nSPS) is 17.9. The third kappa shape index (κ3) is 5.76. The molecule has 0 N–H and O–H groups in total. The summed E-state index contributed by atoms with van der Waals surface area (Å²) >= 11 is 0. The minimum atomic E-state index is -3.52. The molecule has 2 aromatic rings. The van der Waals surface area contributed by atoms with E-state index in [1.165, 1.54) is 9.87 Å². The first-order valence-electron chi connectivity index (χ1n) is 12.1. The number of nitrogens with zero attached hydrogens (tertiary/aromatic N) is 2. The van der Waals surface area contributed by atoms with Gasteiger partial charge in [0, 0.05) is 31.7 Å². The molecular formula is C26H34N2O4S. The lowest BCUT2D eigenvalue weighted by atomic mass is 9.90. The largest absolute Gasteiger partial charge is 0.494 e. The Bertz CT molecular complexity index is 1040. The highest BCUT2D eigenvalue weighted by Crippen LogP contribution is 2.26. The zero-order chi connectivity index (χ0) is 23.3. The first-order chi connectivity index (χ1) is 16.0. The highest BCUT2D eigenvalue weighted by atomic mass is 32.2. The van der Waals surface area contributed by atoms with Crippen molar-refractivity contribution < 1.29 is 17.9 Å². The van der Waals surface area contributed by atoms with Crippen LogP contribution >= 0.6 is 0 Å². The van der Waals surface area contributed by atoms with Crippen LogP contribution in [-0.2, 0) is 16.4 Å². The number of sulfonamides is 1. The van der Waals surface area contributed by atoms with E-state index < -0.39 is 10.0 Å². The number of aryl methyl sites for hydroxylation is 1. The summed E-state index contributed by atoms with van der Waals surface area (Å²) in [4.78, 5) is 15.2. The second-order valence-electron chi connectivity index (χ2n) is 8.99. The van der Waals surface area contributed by atoms with Crippen molar-refractivity contribution in [1.82, 2.24) is 9.21 Å². The van der Waals surface area contributed by atoms with Crippen LogP contribution in [0.1, 0.15) is 54.9 Å². The van der Waals surface area contributed by atoms with Crippen molar-refractivity contribution in [3.63, 3.8) is 0 Å². The van der Waals surface area contributed by atoms with Gasteiger partial charge in [-0.25, -0.2) is 8.42 Å². The zero-order valence-corrected chi connectivity index (χ0v) is 20.2.